The molecule has 1 N–H and O–H groups in total. The largest absolute Gasteiger partial charge is 0.478 e. The lowest BCUT2D eigenvalue weighted by Gasteiger charge is -2.14. The van der Waals surface area contributed by atoms with Crippen LogP contribution in [0.5, 0.6) is 0 Å². The minimum atomic E-state index is -1.03. The molecule has 0 bridgehead atoms. The Morgan fingerprint density at radius 2 is 1.84 bits per heavy atom. The molecule has 2 heterocycles. The van der Waals surface area contributed by atoms with Crippen molar-refractivity contribution in [3.63, 3.8) is 0 Å². The summed E-state index contributed by atoms with van der Waals surface area (Å²) in [5.74, 6) is -0.0111. The summed E-state index contributed by atoms with van der Waals surface area (Å²) in [6.07, 6.45) is 1.66. The lowest BCUT2D eigenvalue weighted by molar-refractivity contribution is -0.113. The minimum Gasteiger partial charge on any atom is -0.478 e. The van der Waals surface area contributed by atoms with E-state index in [-0.39, 0.29) is 11.5 Å². The maximum absolute atomic E-state index is 12.9. The molecule has 0 radical (unpaired) electrons. The number of aromatic carboxylic acids is 1. The van der Waals surface area contributed by atoms with Crippen LogP contribution in [0.25, 0.3) is 6.08 Å². The molecule has 0 saturated carbocycles. The molecule has 9 heteroatoms. The third-order valence-electron chi connectivity index (χ3n) is 4.34. The standard InChI is InChI=1S/C22H14ClNO4S3/c23-15-5-1-13(2-6-15)12-30-19-10-9-17(28-19)11-18-20(25)24(22(29)31-18)16-7-3-14(4-8-16)21(26)27/h1-11H,12H2,(H,26,27)/b18-11-. The molecular weight excluding hydrogens is 474 g/mol. The quantitative estimate of drug-likeness (QED) is 0.247. The van der Waals surface area contributed by atoms with Gasteiger partial charge in [-0.05, 0) is 54.1 Å². The van der Waals surface area contributed by atoms with E-state index in [1.807, 2.05) is 30.3 Å². The normalized spacial score (nSPS) is 15.1. The Morgan fingerprint density at radius 1 is 1.13 bits per heavy atom. The molecule has 1 aliphatic rings. The Balaban J connectivity index is 1.45. The van der Waals surface area contributed by atoms with E-state index in [0.29, 0.717) is 25.7 Å². The van der Waals surface area contributed by atoms with Crippen molar-refractivity contribution in [2.24, 2.45) is 0 Å². The molecule has 0 unspecified atom stereocenters. The highest BCUT2D eigenvalue weighted by Crippen LogP contribution is 2.37. The number of carboxylic acid groups (broad SMARTS) is 1. The van der Waals surface area contributed by atoms with Crippen molar-refractivity contribution in [3.05, 3.63) is 87.5 Å². The van der Waals surface area contributed by atoms with Gasteiger partial charge in [0.15, 0.2) is 9.41 Å². The fourth-order valence-electron chi connectivity index (χ4n) is 2.80. The van der Waals surface area contributed by atoms with E-state index < -0.39 is 5.97 Å². The Morgan fingerprint density at radius 3 is 2.52 bits per heavy atom. The van der Waals surface area contributed by atoms with Gasteiger partial charge in [0.05, 0.1) is 16.2 Å². The van der Waals surface area contributed by atoms with Crippen LogP contribution in [0.15, 0.2) is 75.1 Å². The van der Waals surface area contributed by atoms with Gasteiger partial charge in [-0.25, -0.2) is 4.79 Å². The third kappa shape index (κ3) is 5.04. The van der Waals surface area contributed by atoms with Gasteiger partial charge in [0.2, 0.25) is 0 Å². The Labute approximate surface area is 197 Å². The first-order chi connectivity index (χ1) is 14.9. The van der Waals surface area contributed by atoms with Gasteiger partial charge in [-0.1, -0.05) is 59.5 Å². The van der Waals surface area contributed by atoms with Crippen molar-refractivity contribution in [1.29, 1.82) is 0 Å². The monoisotopic (exact) mass is 487 g/mol. The summed E-state index contributed by atoms with van der Waals surface area (Å²) in [4.78, 5) is 25.7. The average molecular weight is 488 g/mol. The summed E-state index contributed by atoms with van der Waals surface area (Å²) in [5, 5.41) is 10.5. The molecule has 3 aromatic rings. The lowest BCUT2D eigenvalue weighted by atomic mass is 10.2. The molecule has 1 fully saturated rings. The number of thioether (sulfide) groups is 2. The fourth-order valence-corrected chi connectivity index (χ4v) is 5.02. The molecule has 1 aliphatic heterocycles. The molecule has 31 heavy (non-hydrogen) atoms. The third-order valence-corrected chi connectivity index (χ3v) is 6.87. The van der Waals surface area contributed by atoms with Crippen LogP contribution in [0.4, 0.5) is 5.69 Å². The lowest BCUT2D eigenvalue weighted by Crippen LogP contribution is -2.27. The first-order valence-electron chi connectivity index (χ1n) is 8.99. The second kappa shape index (κ2) is 9.32. The number of carboxylic acids is 1. The van der Waals surface area contributed by atoms with E-state index in [9.17, 15) is 9.59 Å². The summed E-state index contributed by atoms with van der Waals surface area (Å²) in [7, 11) is 0. The maximum Gasteiger partial charge on any atom is 0.335 e. The number of carbonyl (C=O) groups is 2. The Bertz CT molecular complexity index is 1190. The summed E-state index contributed by atoms with van der Waals surface area (Å²) >= 11 is 14.0. The smallest absolute Gasteiger partial charge is 0.335 e. The summed E-state index contributed by atoms with van der Waals surface area (Å²) in [6.45, 7) is 0. The number of halogens is 1. The Kier molecular flexibility index (Phi) is 6.52. The van der Waals surface area contributed by atoms with Gasteiger partial charge in [0, 0.05) is 16.9 Å². The molecule has 1 amide bonds. The van der Waals surface area contributed by atoms with Crippen LogP contribution < -0.4 is 4.90 Å². The van der Waals surface area contributed by atoms with E-state index >= 15 is 0 Å². The molecule has 0 aliphatic carbocycles. The van der Waals surface area contributed by atoms with Crippen LogP contribution in [0, 0.1) is 0 Å². The second-order valence-electron chi connectivity index (χ2n) is 6.44. The number of benzene rings is 2. The van der Waals surface area contributed by atoms with Crippen LogP contribution >= 0.6 is 47.3 Å². The van der Waals surface area contributed by atoms with Crippen LogP contribution in [-0.4, -0.2) is 21.3 Å². The number of carbonyl (C=O) groups excluding carboxylic acids is 1. The van der Waals surface area contributed by atoms with Crippen molar-refractivity contribution in [2.75, 3.05) is 4.90 Å². The van der Waals surface area contributed by atoms with Crippen molar-refractivity contribution in [2.45, 2.75) is 10.8 Å². The van der Waals surface area contributed by atoms with Crippen LogP contribution in [0.2, 0.25) is 5.02 Å². The SMILES string of the molecule is O=C(O)c1ccc(N2C(=O)/C(=C/c3ccc(SCc4ccc(Cl)cc4)o3)SC2=S)cc1. The van der Waals surface area contributed by atoms with E-state index in [4.69, 9.17) is 33.3 Å². The zero-order valence-corrected chi connectivity index (χ0v) is 19.0. The van der Waals surface area contributed by atoms with Crippen molar-refractivity contribution in [3.8, 4) is 0 Å². The topological polar surface area (TPSA) is 70.8 Å². The average Bonchev–Trinajstić information content (AvgIpc) is 3.31. The number of amides is 1. The zero-order valence-electron chi connectivity index (χ0n) is 15.8. The van der Waals surface area contributed by atoms with Crippen LogP contribution in [-0.2, 0) is 10.5 Å². The molecule has 4 rings (SSSR count). The number of furan rings is 1. The highest BCUT2D eigenvalue weighted by atomic mass is 35.5. The molecular formula is C22H14ClNO4S3. The van der Waals surface area contributed by atoms with Gasteiger partial charge in [0.25, 0.3) is 5.91 Å². The van der Waals surface area contributed by atoms with Gasteiger partial charge < -0.3 is 9.52 Å². The molecule has 1 saturated heterocycles. The number of thiocarbonyl (C=S) groups is 1. The zero-order chi connectivity index (χ0) is 22.0. The summed E-state index contributed by atoms with van der Waals surface area (Å²) in [5.41, 5.74) is 1.79. The van der Waals surface area contributed by atoms with E-state index in [1.54, 1.807) is 36.0 Å². The molecule has 156 valence electrons. The molecule has 0 spiro atoms. The molecule has 1 aromatic heterocycles. The van der Waals surface area contributed by atoms with Gasteiger partial charge in [0.1, 0.15) is 5.76 Å². The number of hydrogen-bond donors (Lipinski definition) is 1. The molecule has 5 nitrogen and oxygen atoms in total. The fraction of sp³-hybridized carbons (Fsp3) is 0.0455. The van der Waals surface area contributed by atoms with Crippen LogP contribution in [0.1, 0.15) is 21.7 Å². The van der Waals surface area contributed by atoms with E-state index in [0.717, 1.165) is 16.4 Å². The van der Waals surface area contributed by atoms with Crippen molar-refractivity contribution >= 4 is 75.3 Å². The number of anilines is 1. The summed E-state index contributed by atoms with van der Waals surface area (Å²) < 4.78 is 6.20. The summed E-state index contributed by atoms with van der Waals surface area (Å²) in [6, 6.07) is 17.3. The molecule has 2 aromatic carbocycles. The predicted octanol–water partition coefficient (Wildman–Crippen LogP) is 6.33. The van der Waals surface area contributed by atoms with Gasteiger partial charge in [-0.2, -0.15) is 0 Å². The Hall–Kier alpha value is -2.52. The number of nitrogens with zero attached hydrogens (tertiary/aromatic N) is 1. The van der Waals surface area contributed by atoms with E-state index in [1.165, 1.54) is 28.8 Å². The van der Waals surface area contributed by atoms with Gasteiger partial charge >= 0.3 is 5.97 Å². The molecule has 0 atom stereocenters. The first-order valence-corrected chi connectivity index (χ1v) is 11.6. The first kappa shape index (κ1) is 21.7. The van der Waals surface area contributed by atoms with E-state index in [2.05, 4.69) is 0 Å². The highest BCUT2D eigenvalue weighted by Gasteiger charge is 2.33. The predicted molar refractivity (Wildman–Crippen MR) is 129 cm³/mol. The number of rotatable bonds is 6. The number of hydrogen-bond acceptors (Lipinski definition) is 6. The van der Waals surface area contributed by atoms with Crippen molar-refractivity contribution in [1.82, 2.24) is 0 Å². The van der Waals surface area contributed by atoms with Gasteiger partial charge in [-0.3, -0.25) is 9.69 Å². The van der Waals surface area contributed by atoms with Crippen LogP contribution in [0.3, 0.4) is 0 Å². The van der Waals surface area contributed by atoms with Gasteiger partial charge in [-0.15, -0.1) is 0 Å². The minimum absolute atomic E-state index is 0.143. The maximum atomic E-state index is 12.9. The van der Waals surface area contributed by atoms with Crippen molar-refractivity contribution < 1.29 is 19.1 Å². The highest BCUT2D eigenvalue weighted by molar-refractivity contribution is 8.27. The second-order valence-corrected chi connectivity index (χ2v) is 9.53.